The fourth-order valence-electron chi connectivity index (χ4n) is 1.53. The molecule has 0 aromatic carbocycles. The molecule has 1 heterocycles. The Morgan fingerprint density at radius 1 is 1.53 bits per heavy atom. The number of aromatic nitrogens is 1. The zero-order valence-electron chi connectivity index (χ0n) is 10.6. The topological polar surface area (TPSA) is 60.0 Å². The maximum absolute atomic E-state index is 11.9. The minimum absolute atomic E-state index is 0.0441. The lowest BCUT2D eigenvalue weighted by atomic mass is 10.3. The predicted molar refractivity (Wildman–Crippen MR) is 70.1 cm³/mol. The Labute approximate surface area is 113 Å². The minimum atomic E-state index is -4.27. The Bertz CT molecular complexity index is 443. The molecule has 0 aliphatic heterocycles. The predicted octanol–water partition coefficient (Wildman–Crippen LogP) is 2.63. The van der Waals surface area contributed by atoms with Crippen LogP contribution in [0.25, 0.3) is 0 Å². The number of rotatable bonds is 5. The number of hydrogen-bond donors (Lipinski definition) is 2. The lowest BCUT2D eigenvalue weighted by molar-refractivity contribution is -0.0327. The van der Waals surface area contributed by atoms with Crippen molar-refractivity contribution in [3.63, 3.8) is 0 Å². The van der Waals surface area contributed by atoms with Crippen LogP contribution in [0.1, 0.15) is 30.4 Å². The van der Waals surface area contributed by atoms with Crippen molar-refractivity contribution in [3.8, 4) is 0 Å². The molecule has 0 fully saturated rings. The highest BCUT2D eigenvalue weighted by Crippen LogP contribution is 2.29. The molecule has 1 aromatic rings. The zero-order chi connectivity index (χ0) is 14.6. The fourth-order valence-corrected chi connectivity index (χ4v) is 1.97. The number of carbonyl (C=O) groups excluding carboxylic acids is 1. The van der Waals surface area contributed by atoms with E-state index in [2.05, 4.69) is 5.32 Å². The molecule has 1 amide bonds. The Hall–Kier alpha value is -1.31. The van der Waals surface area contributed by atoms with Crippen LogP contribution in [-0.4, -0.2) is 28.3 Å². The highest BCUT2D eigenvalue weighted by molar-refractivity contribution is 8.00. The molecule has 0 aliphatic rings. The van der Waals surface area contributed by atoms with Gasteiger partial charge in [-0.3, -0.25) is 4.79 Å². The molecule has 0 bridgehead atoms. The summed E-state index contributed by atoms with van der Waals surface area (Å²) in [5.41, 5.74) is 2.14. The number of alkyl halides is 3. The maximum Gasteiger partial charge on any atom is 0.441 e. The average molecular weight is 295 g/mol. The molecule has 19 heavy (non-hydrogen) atoms. The van der Waals surface area contributed by atoms with Gasteiger partial charge in [0, 0.05) is 24.5 Å². The normalized spacial score (nSPS) is 11.9. The summed E-state index contributed by atoms with van der Waals surface area (Å²) in [6, 6.07) is 1.55. The van der Waals surface area contributed by atoms with Crippen molar-refractivity contribution in [3.05, 3.63) is 18.0 Å². The summed E-state index contributed by atoms with van der Waals surface area (Å²) in [5.74, 6) is -0.638. The van der Waals surface area contributed by atoms with Crippen molar-refractivity contribution in [2.75, 3.05) is 18.0 Å². The third-order valence-corrected chi connectivity index (χ3v) is 3.05. The lowest BCUT2D eigenvalue weighted by Crippen LogP contribution is -2.28. The third-order valence-electron chi connectivity index (χ3n) is 2.31. The number of amides is 1. The van der Waals surface area contributed by atoms with E-state index in [1.807, 2.05) is 13.8 Å². The largest absolute Gasteiger partial charge is 0.441 e. The molecule has 0 unspecified atom stereocenters. The smallest absolute Gasteiger partial charge is 0.397 e. The van der Waals surface area contributed by atoms with Gasteiger partial charge in [-0.15, -0.1) is 0 Å². The first-order valence-electron chi connectivity index (χ1n) is 5.67. The Balaban J connectivity index is 2.54. The molecule has 0 spiro atoms. The third kappa shape index (κ3) is 5.06. The summed E-state index contributed by atoms with van der Waals surface area (Å²) in [5, 5.41) is 2.44. The summed E-state index contributed by atoms with van der Waals surface area (Å²) < 4.78 is 37.4. The number of nitrogens with one attached hydrogen (secondary N) is 1. The van der Waals surface area contributed by atoms with Gasteiger partial charge in [0.2, 0.25) is 0 Å². The molecule has 0 saturated heterocycles. The molecule has 108 valence electrons. The number of nitrogen functional groups attached to an aromatic ring is 1. The van der Waals surface area contributed by atoms with Crippen LogP contribution in [0.3, 0.4) is 0 Å². The number of anilines is 1. The summed E-state index contributed by atoms with van der Waals surface area (Å²) in [6.45, 7) is 3.72. The van der Waals surface area contributed by atoms with E-state index in [-0.39, 0.29) is 30.1 Å². The molecule has 0 aliphatic carbocycles. The first-order chi connectivity index (χ1) is 8.70. The number of hydrogen-bond acceptors (Lipinski definition) is 3. The van der Waals surface area contributed by atoms with Gasteiger partial charge in [0.15, 0.2) is 0 Å². The number of thioether (sulfide) groups is 1. The maximum atomic E-state index is 11.9. The zero-order valence-corrected chi connectivity index (χ0v) is 11.4. The van der Waals surface area contributed by atoms with Crippen molar-refractivity contribution in [1.82, 2.24) is 9.88 Å². The molecule has 0 radical (unpaired) electrons. The van der Waals surface area contributed by atoms with Crippen LogP contribution in [0.2, 0.25) is 0 Å². The van der Waals surface area contributed by atoms with Gasteiger partial charge in [-0.1, -0.05) is 0 Å². The quantitative estimate of drug-likeness (QED) is 0.821. The van der Waals surface area contributed by atoms with E-state index >= 15 is 0 Å². The number of nitrogens with zero attached hydrogens (tertiary/aromatic N) is 1. The second kappa shape index (κ2) is 6.23. The van der Waals surface area contributed by atoms with E-state index in [0.29, 0.717) is 11.4 Å². The number of halogens is 3. The van der Waals surface area contributed by atoms with Crippen LogP contribution in [-0.2, 0) is 0 Å². The monoisotopic (exact) mass is 295 g/mol. The van der Waals surface area contributed by atoms with Crippen LogP contribution >= 0.6 is 11.8 Å². The van der Waals surface area contributed by atoms with E-state index in [1.54, 1.807) is 10.8 Å². The van der Waals surface area contributed by atoms with E-state index in [4.69, 9.17) is 5.73 Å². The van der Waals surface area contributed by atoms with E-state index < -0.39 is 11.4 Å². The van der Waals surface area contributed by atoms with Crippen LogP contribution in [0, 0.1) is 0 Å². The van der Waals surface area contributed by atoms with Gasteiger partial charge in [0.1, 0.15) is 5.69 Å². The summed E-state index contributed by atoms with van der Waals surface area (Å²) >= 11 is -0.160. The molecular formula is C11H16F3N3OS. The lowest BCUT2D eigenvalue weighted by Gasteiger charge is -2.12. The summed E-state index contributed by atoms with van der Waals surface area (Å²) in [7, 11) is 0. The number of nitrogens with two attached hydrogens (primary N) is 1. The van der Waals surface area contributed by atoms with Crippen molar-refractivity contribution in [1.29, 1.82) is 0 Å². The van der Waals surface area contributed by atoms with E-state index in [1.165, 1.54) is 6.07 Å². The fraction of sp³-hybridized carbons (Fsp3) is 0.545. The Morgan fingerprint density at radius 2 is 2.16 bits per heavy atom. The Morgan fingerprint density at radius 3 is 2.68 bits per heavy atom. The van der Waals surface area contributed by atoms with Crippen LogP contribution in [0.5, 0.6) is 0 Å². The molecular weight excluding hydrogens is 279 g/mol. The molecule has 1 aromatic heterocycles. The molecule has 1 rings (SSSR count). The standard InChI is InChI=1S/C11H16F3N3OS/c1-7(2)17-6-8(15)5-9(17)10(18)16-3-4-19-11(12,13)14/h5-7H,3-4,15H2,1-2H3,(H,16,18). The first-order valence-corrected chi connectivity index (χ1v) is 6.65. The molecule has 4 nitrogen and oxygen atoms in total. The van der Waals surface area contributed by atoms with Gasteiger partial charge < -0.3 is 15.6 Å². The van der Waals surface area contributed by atoms with Crippen molar-refractivity contribution >= 4 is 23.4 Å². The SMILES string of the molecule is CC(C)n1cc(N)cc1C(=O)NCCSC(F)(F)F. The highest BCUT2D eigenvalue weighted by Gasteiger charge is 2.27. The van der Waals surface area contributed by atoms with Gasteiger partial charge in [-0.05, 0) is 31.7 Å². The molecule has 0 atom stereocenters. The highest BCUT2D eigenvalue weighted by atomic mass is 32.2. The second-order valence-corrected chi connectivity index (χ2v) is 5.37. The van der Waals surface area contributed by atoms with Crippen LogP contribution in [0.4, 0.5) is 18.9 Å². The van der Waals surface area contributed by atoms with Gasteiger partial charge in [-0.25, -0.2) is 0 Å². The molecule has 0 saturated carbocycles. The minimum Gasteiger partial charge on any atom is -0.397 e. The summed E-state index contributed by atoms with van der Waals surface area (Å²) in [4.78, 5) is 11.8. The van der Waals surface area contributed by atoms with E-state index in [0.717, 1.165) is 0 Å². The van der Waals surface area contributed by atoms with Gasteiger partial charge in [0.05, 0.1) is 5.69 Å². The second-order valence-electron chi connectivity index (χ2n) is 4.21. The average Bonchev–Trinajstić information content (AvgIpc) is 2.65. The molecule has 3 N–H and O–H groups in total. The van der Waals surface area contributed by atoms with Crippen molar-refractivity contribution in [2.24, 2.45) is 0 Å². The Kier molecular flexibility index (Phi) is 5.16. The first kappa shape index (κ1) is 15.7. The van der Waals surface area contributed by atoms with Crippen molar-refractivity contribution in [2.45, 2.75) is 25.4 Å². The van der Waals surface area contributed by atoms with Crippen LogP contribution in [0.15, 0.2) is 12.3 Å². The molecule has 8 heteroatoms. The summed E-state index contributed by atoms with van der Waals surface area (Å²) in [6.07, 6.45) is 1.63. The van der Waals surface area contributed by atoms with Gasteiger partial charge >= 0.3 is 5.51 Å². The van der Waals surface area contributed by atoms with Gasteiger partial charge in [0.25, 0.3) is 5.91 Å². The number of carbonyl (C=O) groups is 1. The van der Waals surface area contributed by atoms with Gasteiger partial charge in [-0.2, -0.15) is 13.2 Å². The van der Waals surface area contributed by atoms with E-state index in [9.17, 15) is 18.0 Å². The van der Waals surface area contributed by atoms with Crippen molar-refractivity contribution < 1.29 is 18.0 Å². The van der Waals surface area contributed by atoms with Crippen LogP contribution < -0.4 is 11.1 Å².